The van der Waals surface area contributed by atoms with Gasteiger partial charge in [-0.05, 0) is 53.5 Å². The minimum Gasteiger partial charge on any atom is -0.310 e. The summed E-state index contributed by atoms with van der Waals surface area (Å²) in [6.07, 6.45) is 3.29. The van der Waals surface area contributed by atoms with E-state index in [-0.39, 0.29) is 17.4 Å². The number of hydrogen-bond acceptors (Lipinski definition) is 4. The van der Waals surface area contributed by atoms with Crippen molar-refractivity contribution in [3.8, 4) is 6.07 Å². The van der Waals surface area contributed by atoms with Gasteiger partial charge in [-0.2, -0.15) is 5.26 Å². The predicted octanol–water partition coefficient (Wildman–Crippen LogP) is 3.71. The lowest BCUT2D eigenvalue weighted by Crippen LogP contribution is -2.40. The molecule has 5 nitrogen and oxygen atoms in total. The van der Waals surface area contributed by atoms with Crippen LogP contribution < -0.4 is 5.32 Å². The Hall–Kier alpha value is -2.30. The highest BCUT2D eigenvalue weighted by Gasteiger charge is 2.26. The van der Waals surface area contributed by atoms with E-state index in [0.717, 1.165) is 23.9 Å². The Morgan fingerprint density at radius 3 is 3.00 bits per heavy atom. The maximum Gasteiger partial charge on any atom is 0.229 e. The van der Waals surface area contributed by atoms with Gasteiger partial charge in [-0.15, -0.1) is 0 Å². The van der Waals surface area contributed by atoms with Crippen LogP contribution in [0, 0.1) is 23.1 Å². The molecule has 2 aromatic rings. The van der Waals surface area contributed by atoms with Gasteiger partial charge < -0.3 is 5.32 Å². The number of likely N-dealkylation sites (tertiary alicyclic amines) is 1. The third-order valence-corrected chi connectivity index (χ3v) is 4.92. The summed E-state index contributed by atoms with van der Waals surface area (Å²) in [4.78, 5) is 18.7. The molecule has 1 N–H and O–H groups in total. The molecule has 1 fully saturated rings. The molecule has 0 unspecified atom stereocenters. The van der Waals surface area contributed by atoms with Crippen molar-refractivity contribution in [3.05, 3.63) is 57.9 Å². The van der Waals surface area contributed by atoms with Gasteiger partial charge in [-0.1, -0.05) is 12.1 Å². The summed E-state index contributed by atoms with van der Waals surface area (Å²) in [5, 5.41) is 11.8. The van der Waals surface area contributed by atoms with Crippen molar-refractivity contribution in [2.24, 2.45) is 5.92 Å². The topological polar surface area (TPSA) is 69.0 Å². The van der Waals surface area contributed by atoms with Crippen LogP contribution in [-0.2, 0) is 11.3 Å². The first-order valence-corrected chi connectivity index (χ1v) is 9.18. The Bertz CT molecular complexity index is 834. The lowest BCUT2D eigenvalue weighted by Gasteiger charge is -2.32. The largest absolute Gasteiger partial charge is 0.310 e. The summed E-state index contributed by atoms with van der Waals surface area (Å²) in [6, 6.07) is 10.3. The minimum absolute atomic E-state index is 0.0510. The summed E-state index contributed by atoms with van der Waals surface area (Å²) >= 11 is 3.31. The maximum atomic E-state index is 14.3. The zero-order valence-electron chi connectivity index (χ0n) is 14.1. The monoisotopic (exact) mass is 416 g/mol. The van der Waals surface area contributed by atoms with Crippen LogP contribution in [0.4, 0.5) is 10.2 Å². The van der Waals surface area contributed by atoms with Crippen LogP contribution >= 0.6 is 15.9 Å². The van der Waals surface area contributed by atoms with Gasteiger partial charge >= 0.3 is 0 Å². The van der Waals surface area contributed by atoms with Crippen molar-refractivity contribution in [1.29, 1.82) is 5.26 Å². The van der Waals surface area contributed by atoms with Gasteiger partial charge in [0.15, 0.2) is 0 Å². The molecule has 0 saturated carbocycles. The van der Waals surface area contributed by atoms with Crippen LogP contribution in [0.15, 0.2) is 41.0 Å². The SMILES string of the molecule is N#Cc1cccc(CN2CCC[C@@H](C(=O)Nc3ccc(Br)cn3)C2)c1F. The average Bonchev–Trinajstić information content (AvgIpc) is 2.65. The van der Waals surface area contributed by atoms with Crippen LogP contribution in [0.1, 0.15) is 24.0 Å². The number of nitriles is 1. The lowest BCUT2D eigenvalue weighted by molar-refractivity contribution is -0.121. The van der Waals surface area contributed by atoms with Gasteiger partial charge in [0.2, 0.25) is 5.91 Å². The van der Waals surface area contributed by atoms with Gasteiger partial charge in [0.25, 0.3) is 0 Å². The van der Waals surface area contributed by atoms with Crippen molar-refractivity contribution in [2.45, 2.75) is 19.4 Å². The summed E-state index contributed by atoms with van der Waals surface area (Å²) in [7, 11) is 0. The molecule has 0 radical (unpaired) electrons. The molecule has 134 valence electrons. The first-order valence-electron chi connectivity index (χ1n) is 8.39. The molecule has 1 saturated heterocycles. The van der Waals surface area contributed by atoms with E-state index in [2.05, 4.69) is 31.1 Å². The molecular formula is C19H18BrFN4O. The number of carbonyl (C=O) groups excluding carboxylic acids is 1. The van der Waals surface area contributed by atoms with E-state index in [0.29, 0.717) is 24.5 Å². The Labute approximate surface area is 160 Å². The smallest absolute Gasteiger partial charge is 0.229 e. The molecule has 0 bridgehead atoms. The Morgan fingerprint density at radius 1 is 1.42 bits per heavy atom. The van der Waals surface area contributed by atoms with E-state index in [9.17, 15) is 9.18 Å². The molecule has 26 heavy (non-hydrogen) atoms. The van der Waals surface area contributed by atoms with Crippen molar-refractivity contribution >= 4 is 27.7 Å². The van der Waals surface area contributed by atoms with Gasteiger partial charge in [0.05, 0.1) is 11.5 Å². The van der Waals surface area contributed by atoms with Crippen LogP contribution in [0.25, 0.3) is 0 Å². The molecule has 0 aliphatic carbocycles. The fraction of sp³-hybridized carbons (Fsp3) is 0.316. The standard InChI is InChI=1S/C19H18BrFN4O/c20-16-6-7-17(23-10-16)24-19(26)15-5-2-8-25(12-15)11-14-4-1-3-13(9-22)18(14)21/h1,3-4,6-7,10,15H,2,5,8,11-12H2,(H,23,24,26)/t15-/m1/s1. The van der Waals surface area contributed by atoms with E-state index in [1.165, 1.54) is 6.07 Å². The second-order valence-corrected chi connectivity index (χ2v) is 7.23. The Morgan fingerprint density at radius 2 is 2.27 bits per heavy atom. The average molecular weight is 417 g/mol. The Kier molecular flexibility index (Phi) is 5.96. The number of hydrogen-bond donors (Lipinski definition) is 1. The van der Waals surface area contributed by atoms with Gasteiger partial charge in [-0.25, -0.2) is 9.37 Å². The molecule has 1 atom stereocenters. The molecule has 2 heterocycles. The highest BCUT2D eigenvalue weighted by molar-refractivity contribution is 9.10. The number of amides is 1. The number of halogens is 2. The van der Waals surface area contributed by atoms with Crippen LogP contribution in [-0.4, -0.2) is 28.9 Å². The van der Waals surface area contributed by atoms with Crippen molar-refractivity contribution in [2.75, 3.05) is 18.4 Å². The number of rotatable bonds is 4. The lowest BCUT2D eigenvalue weighted by atomic mass is 9.96. The summed E-state index contributed by atoms with van der Waals surface area (Å²) in [5.74, 6) is -0.198. The number of nitrogens with zero attached hydrogens (tertiary/aromatic N) is 3. The van der Waals surface area contributed by atoms with Crippen LogP contribution in [0.2, 0.25) is 0 Å². The van der Waals surface area contributed by atoms with Gasteiger partial charge in [-0.3, -0.25) is 9.69 Å². The minimum atomic E-state index is -0.472. The predicted molar refractivity (Wildman–Crippen MR) is 99.7 cm³/mol. The third kappa shape index (κ3) is 4.45. The maximum absolute atomic E-state index is 14.3. The number of anilines is 1. The quantitative estimate of drug-likeness (QED) is 0.824. The first kappa shape index (κ1) is 18.5. The molecule has 1 aliphatic heterocycles. The number of piperidine rings is 1. The van der Waals surface area contributed by atoms with E-state index in [1.807, 2.05) is 12.1 Å². The molecule has 3 rings (SSSR count). The number of pyridine rings is 1. The number of carbonyl (C=O) groups is 1. The molecular weight excluding hydrogens is 399 g/mol. The zero-order valence-corrected chi connectivity index (χ0v) is 15.7. The van der Waals surface area contributed by atoms with E-state index < -0.39 is 5.82 Å². The van der Waals surface area contributed by atoms with Crippen molar-refractivity contribution < 1.29 is 9.18 Å². The third-order valence-electron chi connectivity index (χ3n) is 4.45. The molecule has 1 aromatic carbocycles. The van der Waals surface area contributed by atoms with Crippen LogP contribution in [0.3, 0.4) is 0 Å². The first-order chi connectivity index (χ1) is 12.6. The molecule has 1 amide bonds. The van der Waals surface area contributed by atoms with E-state index in [4.69, 9.17) is 5.26 Å². The highest BCUT2D eigenvalue weighted by Crippen LogP contribution is 2.22. The normalized spacial score (nSPS) is 17.5. The second kappa shape index (κ2) is 8.39. The summed E-state index contributed by atoms with van der Waals surface area (Å²) < 4.78 is 15.1. The summed E-state index contributed by atoms with van der Waals surface area (Å²) in [5.41, 5.74) is 0.537. The van der Waals surface area contributed by atoms with E-state index in [1.54, 1.807) is 24.4 Å². The Balaban J connectivity index is 1.63. The van der Waals surface area contributed by atoms with Crippen molar-refractivity contribution in [1.82, 2.24) is 9.88 Å². The number of aromatic nitrogens is 1. The molecule has 7 heteroatoms. The van der Waals surface area contributed by atoms with Crippen LogP contribution in [0.5, 0.6) is 0 Å². The second-order valence-electron chi connectivity index (χ2n) is 6.32. The number of nitrogens with one attached hydrogen (secondary N) is 1. The molecule has 1 aromatic heterocycles. The summed E-state index contributed by atoms with van der Waals surface area (Å²) in [6.45, 7) is 1.75. The van der Waals surface area contributed by atoms with Gasteiger partial charge in [0, 0.05) is 29.3 Å². The van der Waals surface area contributed by atoms with Crippen molar-refractivity contribution in [3.63, 3.8) is 0 Å². The highest BCUT2D eigenvalue weighted by atomic mass is 79.9. The zero-order chi connectivity index (χ0) is 18.5. The fourth-order valence-electron chi connectivity index (χ4n) is 3.12. The molecule has 0 spiro atoms. The van der Waals surface area contributed by atoms with Gasteiger partial charge in [0.1, 0.15) is 17.7 Å². The fourth-order valence-corrected chi connectivity index (χ4v) is 3.35. The number of benzene rings is 1. The molecule has 1 aliphatic rings. The van der Waals surface area contributed by atoms with E-state index >= 15 is 0 Å².